The minimum atomic E-state index is -0.0976. The Morgan fingerprint density at radius 2 is 1.83 bits per heavy atom. The van der Waals surface area contributed by atoms with Gasteiger partial charge in [0.1, 0.15) is 10.5 Å². The minimum absolute atomic E-state index is 0.0899. The van der Waals surface area contributed by atoms with Crippen LogP contribution in [-0.2, 0) is 11.3 Å². The third-order valence-electron chi connectivity index (χ3n) is 5.28. The third kappa shape index (κ3) is 3.47. The largest absolute Gasteiger partial charge is 0.506 e. The predicted octanol–water partition coefficient (Wildman–Crippen LogP) is 4.99. The summed E-state index contributed by atoms with van der Waals surface area (Å²) in [7, 11) is 3.94. The number of aryl methyl sites for hydroxylation is 1. The molecule has 1 aromatic heterocycles. The first-order valence-corrected chi connectivity index (χ1v) is 10.7. The van der Waals surface area contributed by atoms with Crippen molar-refractivity contribution < 1.29 is 14.5 Å². The highest BCUT2D eigenvalue weighted by Gasteiger charge is 2.36. The number of para-hydroxylation sites is 1. The van der Waals surface area contributed by atoms with E-state index >= 15 is 0 Å². The van der Waals surface area contributed by atoms with Crippen LogP contribution in [0.2, 0.25) is 0 Å². The number of aliphatic hydroxyl groups excluding tert-OH is 1. The number of unbranched alkanes of at least 4 members (excludes halogenated alkanes) is 1. The highest BCUT2D eigenvalue weighted by Crippen LogP contribution is 2.38. The van der Waals surface area contributed by atoms with Crippen molar-refractivity contribution in [2.24, 2.45) is 0 Å². The lowest BCUT2D eigenvalue weighted by molar-refractivity contribution is -0.669. The summed E-state index contributed by atoms with van der Waals surface area (Å²) in [4.78, 5) is 14.8. The monoisotopic (exact) mass is 405 g/mol. The van der Waals surface area contributed by atoms with E-state index in [4.69, 9.17) is 0 Å². The molecule has 0 spiro atoms. The molecule has 0 fully saturated rings. The summed E-state index contributed by atoms with van der Waals surface area (Å²) in [6, 6.07) is 16.0. The summed E-state index contributed by atoms with van der Waals surface area (Å²) in [6.07, 6.45) is 4.01. The Balaban J connectivity index is 1.72. The van der Waals surface area contributed by atoms with E-state index < -0.39 is 0 Å². The topological polar surface area (TPSA) is 44.4 Å². The number of carbonyl (C=O) groups is 1. The second-order valence-electron chi connectivity index (χ2n) is 7.47. The van der Waals surface area contributed by atoms with Gasteiger partial charge >= 0.3 is 0 Å². The zero-order chi connectivity index (χ0) is 20.5. The van der Waals surface area contributed by atoms with Crippen LogP contribution in [0.5, 0.6) is 0 Å². The molecule has 0 atom stereocenters. The van der Waals surface area contributed by atoms with Crippen LogP contribution in [0.3, 0.4) is 0 Å². The molecule has 0 saturated heterocycles. The SMILES string of the molecule is CCCC[n+]1c(C=C2C(=O)C(c3ccc(N(C)C)cc3)=C2O)sc2ccccc21. The van der Waals surface area contributed by atoms with E-state index in [0.717, 1.165) is 35.6 Å². The molecule has 4 rings (SSSR count). The lowest BCUT2D eigenvalue weighted by Gasteiger charge is -2.21. The fraction of sp³-hybridized carbons (Fsp3) is 0.250. The number of ketones is 1. The average molecular weight is 406 g/mol. The standard InChI is InChI=1S/C24H24N2O2S/c1-4-5-14-26-19-8-6-7-9-20(19)29-21(26)15-18-23(27)22(24(18)28)16-10-12-17(13-11-16)25(2)3/h6-13,15H,4-5,14H2,1-3H3/p+1. The molecule has 29 heavy (non-hydrogen) atoms. The first-order valence-electron chi connectivity index (χ1n) is 9.90. The van der Waals surface area contributed by atoms with Gasteiger partial charge in [-0.25, -0.2) is 0 Å². The number of carbonyl (C=O) groups excluding carboxylic acids is 1. The van der Waals surface area contributed by atoms with Gasteiger partial charge in [-0.1, -0.05) is 48.9 Å². The number of hydrogen-bond acceptors (Lipinski definition) is 4. The third-order valence-corrected chi connectivity index (χ3v) is 6.39. The fourth-order valence-electron chi connectivity index (χ4n) is 3.58. The highest BCUT2D eigenvalue weighted by atomic mass is 32.1. The van der Waals surface area contributed by atoms with Crippen LogP contribution in [0, 0.1) is 0 Å². The Hall–Kier alpha value is -2.92. The Kier molecular flexibility index (Phi) is 5.24. The van der Waals surface area contributed by atoms with E-state index in [1.54, 1.807) is 11.3 Å². The molecule has 0 unspecified atom stereocenters. The van der Waals surface area contributed by atoms with Gasteiger partial charge in [-0.15, -0.1) is 0 Å². The van der Waals surface area contributed by atoms with E-state index in [0.29, 0.717) is 11.1 Å². The van der Waals surface area contributed by atoms with Gasteiger partial charge in [0.2, 0.25) is 11.3 Å². The van der Waals surface area contributed by atoms with Gasteiger partial charge in [-0.2, -0.15) is 4.57 Å². The molecule has 1 N–H and O–H groups in total. The van der Waals surface area contributed by atoms with E-state index in [2.05, 4.69) is 23.6 Å². The Bertz CT molecular complexity index is 1140. The van der Waals surface area contributed by atoms with Crippen LogP contribution in [0.25, 0.3) is 21.9 Å². The molecule has 4 nitrogen and oxygen atoms in total. The van der Waals surface area contributed by atoms with E-state index in [1.807, 2.05) is 61.5 Å². The smallest absolute Gasteiger partial charge is 0.263 e. The lowest BCUT2D eigenvalue weighted by Crippen LogP contribution is -2.35. The number of aromatic nitrogens is 1. The predicted molar refractivity (Wildman–Crippen MR) is 120 cm³/mol. The van der Waals surface area contributed by atoms with Crippen molar-refractivity contribution >= 4 is 44.7 Å². The summed E-state index contributed by atoms with van der Waals surface area (Å²) < 4.78 is 3.44. The molecule has 1 aliphatic carbocycles. The number of allylic oxidation sites excluding steroid dienone is 2. The summed E-state index contributed by atoms with van der Waals surface area (Å²) in [5.41, 5.74) is 3.79. The molecule has 0 aliphatic heterocycles. The molecule has 5 heteroatoms. The van der Waals surface area contributed by atoms with Gasteiger partial charge in [0.05, 0.1) is 11.1 Å². The van der Waals surface area contributed by atoms with Crippen LogP contribution < -0.4 is 9.47 Å². The zero-order valence-corrected chi connectivity index (χ0v) is 17.8. The van der Waals surface area contributed by atoms with Crippen LogP contribution in [-0.4, -0.2) is 25.0 Å². The Morgan fingerprint density at radius 3 is 2.48 bits per heavy atom. The highest BCUT2D eigenvalue weighted by molar-refractivity contribution is 7.18. The maximum Gasteiger partial charge on any atom is 0.263 e. The second-order valence-corrected chi connectivity index (χ2v) is 8.53. The molecule has 0 saturated carbocycles. The zero-order valence-electron chi connectivity index (χ0n) is 17.0. The number of hydrogen-bond donors (Lipinski definition) is 1. The Labute approximate surface area is 175 Å². The van der Waals surface area contributed by atoms with E-state index in [1.165, 1.54) is 10.2 Å². The number of fused-ring (bicyclic) bond motifs is 1. The van der Waals surface area contributed by atoms with Gasteiger partial charge in [0, 0.05) is 38.3 Å². The summed E-state index contributed by atoms with van der Waals surface area (Å²) in [6.45, 7) is 3.07. The van der Waals surface area contributed by atoms with Crippen molar-refractivity contribution in [2.45, 2.75) is 26.3 Å². The first kappa shape index (κ1) is 19.4. The molecule has 0 amide bonds. The maximum absolute atomic E-state index is 12.8. The van der Waals surface area contributed by atoms with Gasteiger partial charge in [-0.05, 0) is 23.8 Å². The molecule has 2 aromatic carbocycles. The number of nitrogens with zero attached hydrogens (tertiary/aromatic N) is 2. The minimum Gasteiger partial charge on any atom is -0.506 e. The van der Waals surface area contributed by atoms with Crippen molar-refractivity contribution in [1.82, 2.24) is 0 Å². The average Bonchev–Trinajstić information content (AvgIpc) is 3.08. The molecule has 0 bridgehead atoms. The van der Waals surface area contributed by atoms with Gasteiger partial charge in [0.15, 0.2) is 6.54 Å². The number of aliphatic hydroxyl groups is 1. The summed E-state index contributed by atoms with van der Waals surface area (Å²) in [5, 5.41) is 11.6. The van der Waals surface area contributed by atoms with Crippen LogP contribution in [0.1, 0.15) is 30.3 Å². The van der Waals surface area contributed by atoms with Crippen molar-refractivity contribution in [1.29, 1.82) is 0 Å². The van der Waals surface area contributed by atoms with Gasteiger partial charge < -0.3 is 10.0 Å². The molecule has 1 heterocycles. The lowest BCUT2D eigenvalue weighted by atomic mass is 9.83. The van der Waals surface area contributed by atoms with Crippen molar-refractivity contribution in [3.05, 3.63) is 70.4 Å². The summed E-state index contributed by atoms with van der Waals surface area (Å²) in [5.74, 6) is -0.00768. The molecule has 3 aromatic rings. The van der Waals surface area contributed by atoms with Crippen LogP contribution in [0.15, 0.2) is 59.9 Å². The number of anilines is 1. The van der Waals surface area contributed by atoms with Crippen molar-refractivity contribution in [3.8, 4) is 0 Å². The number of thiazole rings is 1. The van der Waals surface area contributed by atoms with Gasteiger partial charge in [-0.3, -0.25) is 4.79 Å². The molecule has 148 valence electrons. The number of benzene rings is 2. The quantitative estimate of drug-likeness (QED) is 0.464. The number of Topliss-reactive ketones (excluding diaryl/α,β-unsaturated/α-hetero) is 1. The van der Waals surface area contributed by atoms with Crippen LogP contribution in [0.4, 0.5) is 5.69 Å². The first-order chi connectivity index (χ1) is 14.0. The fourth-order valence-corrected chi connectivity index (χ4v) is 4.71. The van der Waals surface area contributed by atoms with Crippen molar-refractivity contribution in [2.75, 3.05) is 19.0 Å². The second kappa shape index (κ2) is 7.84. The van der Waals surface area contributed by atoms with Gasteiger partial charge in [0.25, 0.3) is 5.01 Å². The Morgan fingerprint density at radius 1 is 1.10 bits per heavy atom. The molecular weight excluding hydrogens is 380 g/mol. The summed E-state index contributed by atoms with van der Waals surface area (Å²) >= 11 is 1.65. The molecular formula is C24H25N2O2S+. The van der Waals surface area contributed by atoms with Crippen LogP contribution >= 0.6 is 11.3 Å². The number of rotatable bonds is 6. The molecule has 0 radical (unpaired) electrons. The normalized spacial score (nSPS) is 15.3. The van der Waals surface area contributed by atoms with E-state index in [9.17, 15) is 9.90 Å². The van der Waals surface area contributed by atoms with Crippen molar-refractivity contribution in [3.63, 3.8) is 0 Å². The maximum atomic E-state index is 12.8. The molecule has 1 aliphatic rings. The van der Waals surface area contributed by atoms with E-state index in [-0.39, 0.29) is 11.5 Å².